The maximum absolute atomic E-state index is 15.5. The normalized spacial score (nSPS) is 27.5. The van der Waals surface area contributed by atoms with E-state index in [4.69, 9.17) is 39.0 Å². The zero-order valence-electron chi connectivity index (χ0n) is 23.2. The fourth-order valence-corrected chi connectivity index (χ4v) is 4.75. The number of ether oxygens (including phenoxy) is 3. The van der Waals surface area contributed by atoms with E-state index in [2.05, 4.69) is 15.0 Å². The maximum Gasteiger partial charge on any atom is 0.480 e. The molecule has 1 aromatic rings. The molecule has 1 unspecified atom stereocenters. The third kappa shape index (κ3) is 6.38. The predicted octanol–water partition coefficient (Wildman–Crippen LogP) is 2.11. The summed E-state index contributed by atoms with van der Waals surface area (Å²) < 4.78 is 60.5. The molecule has 0 bridgehead atoms. The minimum absolute atomic E-state index is 0.150. The first kappa shape index (κ1) is 32.4. The van der Waals surface area contributed by atoms with Crippen molar-refractivity contribution in [2.75, 3.05) is 25.9 Å². The molecule has 1 saturated carbocycles. The van der Waals surface area contributed by atoms with Crippen molar-refractivity contribution >= 4 is 25.6 Å². The number of hydrogen-bond acceptors (Lipinski definition) is 14. The van der Waals surface area contributed by atoms with Crippen LogP contribution in [-0.4, -0.2) is 70.2 Å². The molecule has 2 aliphatic rings. The van der Waals surface area contributed by atoms with E-state index in [1.165, 1.54) is 6.07 Å². The largest absolute Gasteiger partial charge is 0.480 e. The van der Waals surface area contributed by atoms with Gasteiger partial charge < -0.3 is 25.1 Å². The third-order valence-electron chi connectivity index (χ3n) is 6.21. The summed E-state index contributed by atoms with van der Waals surface area (Å²) in [5.41, 5.74) is 6.82. The molecule has 1 aliphatic heterocycles. The number of hydrogen-bond donors (Lipinski definition) is 2. The highest BCUT2D eigenvalue weighted by atomic mass is 31.2. The highest BCUT2D eigenvalue weighted by molar-refractivity contribution is 7.48. The molecule has 2 heterocycles. The number of nitrogen functional groups attached to an aromatic ring is 1. The standard InChI is InChI=1S/C22H32FN6O11P/c1-19(2,3)16(30)35-10-38-41(34,39-11-36-17(31)20(4,5)6)37-9-21-15(27-28-25)22(21,33)13(23)14(40-21)29-8-7-12(24)26-18(29)32/h7-8,13-15,33H,9-11H2,1-6H3,(H2,24,26,32)/t13-,14+,15?,21-,22+/m0/s1. The zero-order chi connectivity index (χ0) is 31.0. The Labute approximate surface area is 233 Å². The Kier molecular flexibility index (Phi) is 8.92. The highest BCUT2D eigenvalue weighted by Crippen LogP contribution is 2.66. The van der Waals surface area contributed by atoms with Gasteiger partial charge in [-0.05, 0) is 53.1 Å². The maximum atomic E-state index is 15.5. The molecular formula is C22H32FN6O11P. The summed E-state index contributed by atoms with van der Waals surface area (Å²) in [7, 11) is -4.81. The molecule has 17 nitrogen and oxygen atoms in total. The SMILES string of the molecule is CC(C)(C)C(=O)OCOP(=O)(OCOC(=O)C(C)(C)C)OC[C@@]12O[C@@H](n3ccc(N)nc3=O)[C@H](F)[C@@]1(O)C2N=[N+]=[N-]. The minimum Gasteiger partial charge on any atom is -0.437 e. The summed E-state index contributed by atoms with van der Waals surface area (Å²) in [5.74, 6) is -1.61. The van der Waals surface area contributed by atoms with Crippen LogP contribution in [0.3, 0.4) is 0 Å². The number of anilines is 1. The van der Waals surface area contributed by atoms with Gasteiger partial charge in [-0.2, -0.15) is 4.98 Å². The molecule has 41 heavy (non-hydrogen) atoms. The van der Waals surface area contributed by atoms with Gasteiger partial charge in [0.25, 0.3) is 0 Å². The van der Waals surface area contributed by atoms with Crippen LogP contribution in [-0.2, 0) is 41.9 Å². The molecule has 5 atom stereocenters. The molecule has 228 valence electrons. The van der Waals surface area contributed by atoms with Crippen LogP contribution in [0.4, 0.5) is 10.2 Å². The first-order chi connectivity index (χ1) is 18.8. The summed E-state index contributed by atoms with van der Waals surface area (Å²) in [4.78, 5) is 42.5. The number of fused-ring (bicyclic) bond motifs is 1. The molecular weight excluding hydrogens is 574 g/mol. The third-order valence-corrected chi connectivity index (χ3v) is 7.50. The van der Waals surface area contributed by atoms with Gasteiger partial charge in [0, 0.05) is 11.1 Å². The Morgan fingerprint density at radius 1 is 1.20 bits per heavy atom. The Balaban J connectivity index is 1.83. The molecule has 2 fully saturated rings. The Morgan fingerprint density at radius 2 is 1.73 bits per heavy atom. The number of nitrogens with two attached hydrogens (primary N) is 1. The summed E-state index contributed by atoms with van der Waals surface area (Å²) >= 11 is 0. The number of carbonyl (C=O) groups excluding carboxylic acids is 2. The molecule has 0 spiro atoms. The van der Waals surface area contributed by atoms with Crippen LogP contribution in [0.2, 0.25) is 0 Å². The lowest BCUT2D eigenvalue weighted by Gasteiger charge is -2.24. The van der Waals surface area contributed by atoms with Crippen LogP contribution >= 0.6 is 7.82 Å². The predicted molar refractivity (Wildman–Crippen MR) is 135 cm³/mol. The van der Waals surface area contributed by atoms with Gasteiger partial charge in [-0.25, -0.2) is 22.8 Å². The first-order valence-corrected chi connectivity index (χ1v) is 13.6. The second kappa shape index (κ2) is 11.3. The summed E-state index contributed by atoms with van der Waals surface area (Å²) in [6.45, 7) is 6.50. The minimum atomic E-state index is -4.81. The quantitative estimate of drug-likeness (QED) is 0.0917. The lowest BCUT2D eigenvalue weighted by Crippen LogP contribution is -2.37. The van der Waals surface area contributed by atoms with Gasteiger partial charge in [-0.15, -0.1) is 0 Å². The molecule has 0 amide bonds. The average molecular weight is 607 g/mol. The number of aromatic nitrogens is 2. The van der Waals surface area contributed by atoms with E-state index in [9.17, 15) is 24.1 Å². The summed E-state index contributed by atoms with van der Waals surface area (Å²) in [6, 6.07) is -0.401. The molecule has 3 rings (SSSR count). The van der Waals surface area contributed by atoms with Gasteiger partial charge in [0.1, 0.15) is 23.1 Å². The van der Waals surface area contributed by atoms with E-state index in [1.807, 2.05) is 0 Å². The summed E-state index contributed by atoms with van der Waals surface area (Å²) in [6.07, 6.45) is -3.04. The van der Waals surface area contributed by atoms with Gasteiger partial charge in [-0.1, -0.05) is 5.11 Å². The second-order valence-corrected chi connectivity index (χ2v) is 13.0. The van der Waals surface area contributed by atoms with Crippen molar-refractivity contribution < 1.29 is 51.4 Å². The van der Waals surface area contributed by atoms with Gasteiger partial charge in [0.15, 0.2) is 12.4 Å². The van der Waals surface area contributed by atoms with E-state index in [0.717, 1.165) is 6.20 Å². The van der Waals surface area contributed by atoms with Crippen LogP contribution in [0.15, 0.2) is 22.2 Å². The number of phosphoric acid groups is 1. The van der Waals surface area contributed by atoms with Crippen molar-refractivity contribution in [1.82, 2.24) is 9.55 Å². The lowest BCUT2D eigenvalue weighted by molar-refractivity contribution is -0.164. The Hall–Kier alpha value is -3.11. The number of nitrogens with zero attached hydrogens (tertiary/aromatic N) is 5. The van der Waals surface area contributed by atoms with Crippen molar-refractivity contribution in [3.8, 4) is 0 Å². The second-order valence-electron chi connectivity index (χ2n) is 11.4. The number of aliphatic hydroxyl groups is 1. The lowest BCUT2D eigenvalue weighted by atomic mass is 9.98. The Bertz CT molecular complexity index is 1300. The molecule has 0 aromatic carbocycles. The van der Waals surface area contributed by atoms with Crippen molar-refractivity contribution in [1.29, 1.82) is 0 Å². The number of rotatable bonds is 11. The van der Waals surface area contributed by atoms with E-state index >= 15 is 4.39 Å². The van der Waals surface area contributed by atoms with Gasteiger partial charge >= 0.3 is 25.5 Å². The van der Waals surface area contributed by atoms with Crippen LogP contribution < -0.4 is 11.4 Å². The van der Waals surface area contributed by atoms with E-state index in [1.54, 1.807) is 41.5 Å². The number of esters is 2. The van der Waals surface area contributed by atoms with E-state index in [0.29, 0.717) is 4.57 Å². The number of phosphoric ester groups is 1. The van der Waals surface area contributed by atoms with Crippen LogP contribution in [0.25, 0.3) is 10.4 Å². The molecule has 0 radical (unpaired) electrons. The van der Waals surface area contributed by atoms with Gasteiger partial charge in [-0.3, -0.25) is 18.7 Å². The molecule has 1 saturated heterocycles. The van der Waals surface area contributed by atoms with Crippen molar-refractivity contribution in [2.45, 2.75) is 71.2 Å². The van der Waals surface area contributed by atoms with E-state index < -0.39 is 86.1 Å². The molecule has 1 aliphatic carbocycles. The van der Waals surface area contributed by atoms with Crippen molar-refractivity contribution in [2.24, 2.45) is 15.9 Å². The number of azide groups is 1. The smallest absolute Gasteiger partial charge is 0.437 e. The monoisotopic (exact) mass is 606 g/mol. The topological polar surface area (TPSA) is 236 Å². The van der Waals surface area contributed by atoms with Crippen molar-refractivity contribution in [3.63, 3.8) is 0 Å². The molecule has 19 heteroatoms. The van der Waals surface area contributed by atoms with Crippen molar-refractivity contribution in [3.05, 3.63) is 33.2 Å². The van der Waals surface area contributed by atoms with Crippen LogP contribution in [0.5, 0.6) is 0 Å². The summed E-state index contributed by atoms with van der Waals surface area (Å²) in [5, 5.41) is 14.5. The first-order valence-electron chi connectivity index (χ1n) is 12.1. The molecule has 3 N–H and O–H groups in total. The van der Waals surface area contributed by atoms with E-state index in [-0.39, 0.29) is 5.82 Å². The fourth-order valence-electron chi connectivity index (χ4n) is 3.82. The fraction of sp³-hybridized carbons (Fsp3) is 0.727. The van der Waals surface area contributed by atoms with Crippen LogP contribution in [0.1, 0.15) is 47.8 Å². The van der Waals surface area contributed by atoms with Gasteiger partial charge in [0.05, 0.1) is 17.4 Å². The highest BCUT2D eigenvalue weighted by Gasteiger charge is 2.88. The van der Waals surface area contributed by atoms with Crippen LogP contribution in [0, 0.1) is 10.8 Å². The average Bonchev–Trinajstić information content (AvgIpc) is 3.26. The van der Waals surface area contributed by atoms with Gasteiger partial charge in [0.2, 0.25) is 13.6 Å². The molecule has 1 aromatic heterocycles. The number of halogens is 1. The zero-order valence-corrected chi connectivity index (χ0v) is 24.1. The number of alkyl halides is 1. The Morgan fingerprint density at radius 3 is 2.20 bits per heavy atom. The number of carbonyl (C=O) groups is 2.